The van der Waals surface area contributed by atoms with Crippen LogP contribution in [0.15, 0.2) is 34.9 Å². The Bertz CT molecular complexity index is 830. The molecule has 0 spiro atoms. The number of hydrazine groups is 1. The Morgan fingerprint density at radius 2 is 2.17 bits per heavy atom. The van der Waals surface area contributed by atoms with Crippen molar-refractivity contribution in [3.8, 4) is 0 Å². The van der Waals surface area contributed by atoms with E-state index in [9.17, 15) is 4.79 Å². The van der Waals surface area contributed by atoms with Gasteiger partial charge in [-0.3, -0.25) is 10.2 Å². The molecule has 2 atom stereocenters. The molecule has 4 heterocycles. The summed E-state index contributed by atoms with van der Waals surface area (Å²) in [6.07, 6.45) is 3.42. The Labute approximate surface area is 171 Å². The molecule has 2 aromatic rings. The molecule has 1 amide bonds. The van der Waals surface area contributed by atoms with Gasteiger partial charge in [-0.05, 0) is 38.0 Å². The van der Waals surface area contributed by atoms with Crippen molar-refractivity contribution in [1.82, 2.24) is 21.2 Å². The van der Waals surface area contributed by atoms with Crippen LogP contribution in [-0.2, 0) is 11.3 Å². The first kappa shape index (κ1) is 19.9. The van der Waals surface area contributed by atoms with Crippen molar-refractivity contribution >= 4 is 11.7 Å². The second-order valence-electron chi connectivity index (χ2n) is 7.99. The molecule has 8 heteroatoms. The number of amides is 1. The van der Waals surface area contributed by atoms with Crippen molar-refractivity contribution in [3.63, 3.8) is 0 Å². The molecule has 0 aliphatic carbocycles. The number of aryl methyl sites for hydroxylation is 1. The fourth-order valence-electron chi connectivity index (χ4n) is 4.27. The quantitative estimate of drug-likeness (QED) is 0.556. The molecule has 2 fully saturated rings. The second-order valence-corrected chi connectivity index (χ2v) is 7.99. The standard InChI is InChI=1S/C21H30N6O2/c1-14-4-5-18(29-14)19-17(13-25-26-19)12-23-11-16-3-2-8-24-21(16)27-9-6-15(7-10-27)20(22)28/h2-5,8,15,17,19,23,25-26H,6-7,9-13H2,1H3,(H2,22,28). The fraction of sp³-hybridized carbons (Fsp3) is 0.524. The third-order valence-electron chi connectivity index (χ3n) is 5.95. The van der Waals surface area contributed by atoms with Crippen LogP contribution in [-0.4, -0.2) is 37.1 Å². The average Bonchev–Trinajstić information content (AvgIpc) is 3.37. The molecule has 2 unspecified atom stereocenters. The number of hydrogen-bond donors (Lipinski definition) is 4. The molecule has 4 rings (SSSR count). The third-order valence-corrected chi connectivity index (χ3v) is 5.95. The summed E-state index contributed by atoms with van der Waals surface area (Å²) < 4.78 is 5.81. The van der Waals surface area contributed by atoms with Gasteiger partial charge in [-0.2, -0.15) is 0 Å². The number of carbonyl (C=O) groups is 1. The lowest BCUT2D eigenvalue weighted by atomic mass is 9.96. The molecule has 29 heavy (non-hydrogen) atoms. The summed E-state index contributed by atoms with van der Waals surface area (Å²) in [7, 11) is 0. The fourth-order valence-corrected chi connectivity index (χ4v) is 4.27. The van der Waals surface area contributed by atoms with Crippen LogP contribution >= 0.6 is 0 Å². The first-order valence-corrected chi connectivity index (χ1v) is 10.4. The SMILES string of the molecule is Cc1ccc(C2NNCC2CNCc2cccnc2N2CCC(C(N)=O)CC2)o1. The summed E-state index contributed by atoms with van der Waals surface area (Å²) in [5.41, 5.74) is 13.2. The molecular weight excluding hydrogens is 368 g/mol. The predicted molar refractivity (Wildman–Crippen MR) is 111 cm³/mol. The number of carbonyl (C=O) groups excluding carboxylic acids is 1. The van der Waals surface area contributed by atoms with E-state index in [2.05, 4.69) is 32.1 Å². The smallest absolute Gasteiger partial charge is 0.220 e. The minimum atomic E-state index is -0.187. The highest BCUT2D eigenvalue weighted by molar-refractivity contribution is 5.77. The van der Waals surface area contributed by atoms with Gasteiger partial charge in [0.15, 0.2) is 0 Å². The molecule has 0 bridgehead atoms. The Kier molecular flexibility index (Phi) is 6.13. The first-order valence-electron chi connectivity index (χ1n) is 10.4. The molecule has 5 N–H and O–H groups in total. The van der Waals surface area contributed by atoms with E-state index >= 15 is 0 Å². The number of furan rings is 1. The number of anilines is 1. The van der Waals surface area contributed by atoms with E-state index in [1.807, 2.05) is 31.3 Å². The van der Waals surface area contributed by atoms with E-state index in [4.69, 9.17) is 10.2 Å². The number of nitrogens with one attached hydrogen (secondary N) is 3. The van der Waals surface area contributed by atoms with E-state index in [1.54, 1.807) is 0 Å². The van der Waals surface area contributed by atoms with Crippen LogP contribution in [0.4, 0.5) is 5.82 Å². The van der Waals surface area contributed by atoms with Gasteiger partial charge in [-0.25, -0.2) is 10.4 Å². The summed E-state index contributed by atoms with van der Waals surface area (Å²) in [5, 5.41) is 3.59. The summed E-state index contributed by atoms with van der Waals surface area (Å²) >= 11 is 0. The number of nitrogens with zero attached hydrogens (tertiary/aromatic N) is 2. The summed E-state index contributed by atoms with van der Waals surface area (Å²) in [6, 6.07) is 8.31. The van der Waals surface area contributed by atoms with Crippen LogP contribution in [0.5, 0.6) is 0 Å². The molecule has 156 valence electrons. The zero-order valence-corrected chi connectivity index (χ0v) is 16.9. The van der Waals surface area contributed by atoms with Gasteiger partial charge in [-0.1, -0.05) is 6.07 Å². The Morgan fingerprint density at radius 3 is 2.90 bits per heavy atom. The van der Waals surface area contributed by atoms with Crippen molar-refractivity contribution in [1.29, 1.82) is 0 Å². The number of pyridine rings is 1. The Hall–Kier alpha value is -2.42. The zero-order valence-electron chi connectivity index (χ0n) is 16.9. The molecule has 0 radical (unpaired) electrons. The van der Waals surface area contributed by atoms with Crippen molar-refractivity contribution in [3.05, 3.63) is 47.5 Å². The predicted octanol–water partition coefficient (Wildman–Crippen LogP) is 1.24. The van der Waals surface area contributed by atoms with Crippen LogP contribution in [0.1, 0.15) is 36.0 Å². The van der Waals surface area contributed by atoms with Crippen molar-refractivity contribution in [2.75, 3.05) is 31.1 Å². The molecule has 2 aliphatic rings. The second kappa shape index (κ2) is 8.94. The lowest BCUT2D eigenvalue weighted by molar-refractivity contribution is -0.122. The average molecular weight is 399 g/mol. The van der Waals surface area contributed by atoms with Crippen LogP contribution < -0.4 is 26.8 Å². The number of primary amides is 1. The highest BCUT2D eigenvalue weighted by Crippen LogP contribution is 2.27. The maximum absolute atomic E-state index is 11.4. The van der Waals surface area contributed by atoms with Crippen LogP contribution in [0.25, 0.3) is 0 Å². The van der Waals surface area contributed by atoms with Crippen molar-refractivity contribution in [2.24, 2.45) is 17.6 Å². The maximum Gasteiger partial charge on any atom is 0.220 e. The van der Waals surface area contributed by atoms with Gasteiger partial charge in [0.05, 0.1) is 6.04 Å². The van der Waals surface area contributed by atoms with Gasteiger partial charge < -0.3 is 20.4 Å². The van der Waals surface area contributed by atoms with Crippen molar-refractivity contribution < 1.29 is 9.21 Å². The largest absolute Gasteiger partial charge is 0.465 e. The van der Waals surface area contributed by atoms with Crippen LogP contribution in [0.2, 0.25) is 0 Å². The number of rotatable bonds is 7. The van der Waals surface area contributed by atoms with Gasteiger partial charge >= 0.3 is 0 Å². The highest BCUT2D eigenvalue weighted by atomic mass is 16.3. The Balaban J connectivity index is 1.34. The summed E-state index contributed by atoms with van der Waals surface area (Å²) in [4.78, 5) is 18.3. The van der Waals surface area contributed by atoms with Crippen molar-refractivity contribution in [2.45, 2.75) is 32.4 Å². The summed E-state index contributed by atoms with van der Waals surface area (Å²) in [5.74, 6) is 3.10. The van der Waals surface area contributed by atoms with Crippen LogP contribution in [0, 0.1) is 18.8 Å². The maximum atomic E-state index is 11.4. The van der Waals surface area contributed by atoms with E-state index in [0.29, 0.717) is 5.92 Å². The van der Waals surface area contributed by atoms with E-state index < -0.39 is 0 Å². The zero-order chi connectivity index (χ0) is 20.2. The normalized spacial score (nSPS) is 22.9. The first-order chi connectivity index (χ1) is 14.1. The minimum Gasteiger partial charge on any atom is -0.465 e. The Morgan fingerprint density at radius 1 is 1.34 bits per heavy atom. The van der Waals surface area contributed by atoms with Gasteiger partial charge in [0.1, 0.15) is 17.3 Å². The monoisotopic (exact) mass is 398 g/mol. The lowest BCUT2D eigenvalue weighted by Gasteiger charge is -2.32. The molecule has 2 aliphatic heterocycles. The lowest BCUT2D eigenvalue weighted by Crippen LogP contribution is -2.39. The number of piperidine rings is 1. The molecule has 2 saturated heterocycles. The molecule has 8 nitrogen and oxygen atoms in total. The molecule has 0 aromatic carbocycles. The minimum absolute atomic E-state index is 0.0129. The van der Waals surface area contributed by atoms with Gasteiger partial charge in [0.2, 0.25) is 5.91 Å². The number of aromatic nitrogens is 1. The van der Waals surface area contributed by atoms with Gasteiger partial charge in [0.25, 0.3) is 0 Å². The molecule has 2 aromatic heterocycles. The number of nitrogens with two attached hydrogens (primary N) is 1. The van der Waals surface area contributed by atoms with Gasteiger partial charge in [-0.15, -0.1) is 0 Å². The number of hydrogen-bond acceptors (Lipinski definition) is 7. The third kappa shape index (κ3) is 4.60. The topological polar surface area (TPSA) is 108 Å². The van der Waals surface area contributed by atoms with Crippen LogP contribution in [0.3, 0.4) is 0 Å². The van der Waals surface area contributed by atoms with E-state index in [0.717, 1.165) is 62.9 Å². The highest BCUT2D eigenvalue weighted by Gasteiger charge is 2.30. The molecular formula is C21H30N6O2. The van der Waals surface area contributed by atoms with Gasteiger partial charge in [0, 0.05) is 56.3 Å². The molecule has 0 saturated carbocycles. The van der Waals surface area contributed by atoms with E-state index in [1.165, 1.54) is 5.56 Å². The van der Waals surface area contributed by atoms with E-state index in [-0.39, 0.29) is 17.9 Å². The summed E-state index contributed by atoms with van der Waals surface area (Å²) in [6.45, 7) is 6.09.